The zero-order valence-electron chi connectivity index (χ0n) is 8.40. The second kappa shape index (κ2) is 4.77. The maximum absolute atomic E-state index is 11.2. The van der Waals surface area contributed by atoms with Gasteiger partial charge in [-0.15, -0.1) is 0 Å². The van der Waals surface area contributed by atoms with Crippen molar-refractivity contribution in [1.29, 1.82) is 0 Å². The molecular formula is C11H13BrO3. The molecule has 0 spiro atoms. The maximum atomic E-state index is 11.2. The van der Waals surface area contributed by atoms with E-state index in [-0.39, 0.29) is 13.0 Å². The Labute approximate surface area is 96.9 Å². The highest BCUT2D eigenvalue weighted by atomic mass is 79.9. The van der Waals surface area contributed by atoms with Crippen molar-refractivity contribution in [2.24, 2.45) is 0 Å². The van der Waals surface area contributed by atoms with Gasteiger partial charge in [-0.2, -0.15) is 0 Å². The van der Waals surface area contributed by atoms with Gasteiger partial charge in [-0.25, -0.2) is 0 Å². The quantitative estimate of drug-likeness (QED) is 0.884. The van der Waals surface area contributed by atoms with Gasteiger partial charge in [-0.3, -0.25) is 4.79 Å². The molecule has 0 saturated carbocycles. The first-order chi connectivity index (χ1) is 7.00. The van der Waals surface area contributed by atoms with Crippen molar-refractivity contribution in [2.45, 2.75) is 18.8 Å². The number of hydrogen-bond donors (Lipinski definition) is 2. The lowest BCUT2D eigenvalue weighted by Gasteiger charge is -2.24. The molecule has 0 aliphatic carbocycles. The summed E-state index contributed by atoms with van der Waals surface area (Å²) in [5, 5.41) is 18.1. The first kappa shape index (κ1) is 12.2. The van der Waals surface area contributed by atoms with Crippen LogP contribution in [0.25, 0.3) is 0 Å². The van der Waals surface area contributed by atoms with Crippen LogP contribution in [0.5, 0.6) is 0 Å². The predicted molar refractivity (Wildman–Crippen MR) is 60.8 cm³/mol. The summed E-state index contributed by atoms with van der Waals surface area (Å²) in [5.74, 6) is -0.922. The monoisotopic (exact) mass is 272 g/mol. The Morgan fingerprint density at radius 3 is 2.67 bits per heavy atom. The van der Waals surface area contributed by atoms with Crippen molar-refractivity contribution >= 4 is 21.9 Å². The first-order valence-electron chi connectivity index (χ1n) is 4.61. The molecule has 0 aliphatic rings. The molecule has 0 aromatic heterocycles. The Hall–Kier alpha value is -0.870. The lowest BCUT2D eigenvalue weighted by Crippen LogP contribution is -2.33. The van der Waals surface area contributed by atoms with E-state index in [1.165, 1.54) is 0 Å². The van der Waals surface area contributed by atoms with E-state index < -0.39 is 11.4 Å². The van der Waals surface area contributed by atoms with E-state index in [0.29, 0.717) is 5.56 Å². The van der Waals surface area contributed by atoms with E-state index in [0.717, 1.165) is 4.47 Å². The summed E-state index contributed by atoms with van der Waals surface area (Å²) in [6, 6.07) is 7.15. The molecule has 1 atom stereocenters. The van der Waals surface area contributed by atoms with Crippen LogP contribution in [-0.4, -0.2) is 22.8 Å². The number of aliphatic hydroxyl groups excluding tert-OH is 1. The predicted octanol–water partition coefficient (Wildman–Crippen LogP) is 2.17. The average Bonchev–Trinajstić information content (AvgIpc) is 2.17. The van der Waals surface area contributed by atoms with Crippen molar-refractivity contribution in [3.63, 3.8) is 0 Å². The average molecular weight is 273 g/mol. The summed E-state index contributed by atoms with van der Waals surface area (Å²) >= 11 is 3.30. The number of carboxylic acid groups (broad SMARTS) is 1. The molecule has 0 fully saturated rings. The third-order valence-corrected chi connectivity index (χ3v) is 3.04. The van der Waals surface area contributed by atoms with Gasteiger partial charge in [0.2, 0.25) is 0 Å². The molecule has 0 heterocycles. The summed E-state index contributed by atoms with van der Waals surface area (Å²) in [6.07, 6.45) is 0.207. The summed E-state index contributed by atoms with van der Waals surface area (Å²) in [7, 11) is 0. The molecule has 15 heavy (non-hydrogen) atoms. The number of carbonyl (C=O) groups is 1. The lowest BCUT2D eigenvalue weighted by molar-refractivity contribution is -0.143. The second-order valence-electron chi connectivity index (χ2n) is 3.62. The van der Waals surface area contributed by atoms with Gasteiger partial charge in [0.05, 0.1) is 5.41 Å². The highest BCUT2D eigenvalue weighted by Crippen LogP contribution is 2.29. The third-order valence-electron chi connectivity index (χ3n) is 2.55. The molecule has 0 aliphatic heterocycles. The minimum atomic E-state index is -1.03. The molecule has 82 valence electrons. The van der Waals surface area contributed by atoms with Gasteiger partial charge in [0, 0.05) is 11.1 Å². The summed E-state index contributed by atoms with van der Waals surface area (Å²) in [6.45, 7) is 1.47. The van der Waals surface area contributed by atoms with Gasteiger partial charge in [0.15, 0.2) is 0 Å². The van der Waals surface area contributed by atoms with Crippen LogP contribution in [0, 0.1) is 0 Å². The number of hydrogen-bond acceptors (Lipinski definition) is 2. The number of halogens is 1. The lowest BCUT2D eigenvalue weighted by atomic mass is 9.80. The molecule has 1 unspecified atom stereocenters. The van der Waals surface area contributed by atoms with Gasteiger partial charge in [0.1, 0.15) is 0 Å². The molecule has 3 nitrogen and oxygen atoms in total. The van der Waals surface area contributed by atoms with Crippen LogP contribution in [-0.2, 0) is 10.2 Å². The van der Waals surface area contributed by atoms with Crippen LogP contribution in [0.3, 0.4) is 0 Å². The van der Waals surface area contributed by atoms with E-state index in [4.69, 9.17) is 5.11 Å². The Kier molecular flexibility index (Phi) is 3.88. The van der Waals surface area contributed by atoms with Crippen molar-refractivity contribution in [1.82, 2.24) is 0 Å². The normalized spacial score (nSPS) is 14.6. The number of rotatable bonds is 4. The van der Waals surface area contributed by atoms with E-state index in [1.54, 1.807) is 25.1 Å². The Balaban J connectivity index is 3.15. The molecule has 0 saturated heterocycles. The van der Waals surface area contributed by atoms with Crippen LogP contribution in [0.2, 0.25) is 0 Å². The van der Waals surface area contributed by atoms with Crippen molar-refractivity contribution < 1.29 is 15.0 Å². The molecule has 4 heteroatoms. The van der Waals surface area contributed by atoms with Crippen LogP contribution in [0.15, 0.2) is 28.7 Å². The SMILES string of the molecule is CC(CCO)(C(=O)O)c1cccc(Br)c1. The highest BCUT2D eigenvalue weighted by Gasteiger charge is 2.34. The molecule has 1 aromatic rings. The largest absolute Gasteiger partial charge is 0.481 e. The van der Waals surface area contributed by atoms with E-state index in [1.807, 2.05) is 6.07 Å². The van der Waals surface area contributed by atoms with Crippen LogP contribution >= 0.6 is 15.9 Å². The molecule has 0 bridgehead atoms. The smallest absolute Gasteiger partial charge is 0.313 e. The van der Waals surface area contributed by atoms with Crippen molar-refractivity contribution in [2.75, 3.05) is 6.61 Å². The minimum Gasteiger partial charge on any atom is -0.481 e. The van der Waals surface area contributed by atoms with E-state index in [2.05, 4.69) is 15.9 Å². The van der Waals surface area contributed by atoms with Crippen molar-refractivity contribution in [3.05, 3.63) is 34.3 Å². The van der Waals surface area contributed by atoms with Crippen LogP contribution in [0.4, 0.5) is 0 Å². The molecule has 1 rings (SSSR count). The number of aliphatic carboxylic acids is 1. The zero-order chi connectivity index (χ0) is 11.5. The van der Waals surface area contributed by atoms with Crippen molar-refractivity contribution in [3.8, 4) is 0 Å². The first-order valence-corrected chi connectivity index (χ1v) is 5.40. The molecule has 0 radical (unpaired) electrons. The zero-order valence-corrected chi connectivity index (χ0v) is 9.99. The van der Waals surface area contributed by atoms with Crippen LogP contribution < -0.4 is 0 Å². The minimum absolute atomic E-state index is 0.144. The van der Waals surface area contributed by atoms with Gasteiger partial charge < -0.3 is 10.2 Å². The topological polar surface area (TPSA) is 57.5 Å². The number of aliphatic hydroxyl groups is 1. The third kappa shape index (κ3) is 2.58. The number of carboxylic acids is 1. The summed E-state index contributed by atoms with van der Waals surface area (Å²) in [4.78, 5) is 11.2. The van der Waals surface area contributed by atoms with E-state index >= 15 is 0 Å². The molecule has 1 aromatic carbocycles. The van der Waals surface area contributed by atoms with E-state index in [9.17, 15) is 9.90 Å². The molecular weight excluding hydrogens is 260 g/mol. The fourth-order valence-electron chi connectivity index (χ4n) is 1.43. The number of benzene rings is 1. The second-order valence-corrected chi connectivity index (χ2v) is 4.54. The summed E-state index contributed by atoms with van der Waals surface area (Å²) in [5.41, 5.74) is -0.336. The summed E-state index contributed by atoms with van der Waals surface area (Å²) < 4.78 is 0.838. The van der Waals surface area contributed by atoms with Gasteiger partial charge in [-0.1, -0.05) is 28.1 Å². The van der Waals surface area contributed by atoms with Gasteiger partial charge >= 0.3 is 5.97 Å². The highest BCUT2D eigenvalue weighted by molar-refractivity contribution is 9.10. The Bertz CT molecular complexity index is 365. The Morgan fingerprint density at radius 2 is 2.20 bits per heavy atom. The maximum Gasteiger partial charge on any atom is 0.313 e. The Morgan fingerprint density at radius 1 is 1.53 bits per heavy atom. The molecule has 2 N–H and O–H groups in total. The standard InChI is InChI=1S/C11H13BrO3/c1-11(5-6-13,10(14)15)8-3-2-4-9(12)7-8/h2-4,7,13H,5-6H2,1H3,(H,14,15). The fourth-order valence-corrected chi connectivity index (χ4v) is 1.83. The van der Waals surface area contributed by atoms with Crippen LogP contribution in [0.1, 0.15) is 18.9 Å². The van der Waals surface area contributed by atoms with Gasteiger partial charge in [0.25, 0.3) is 0 Å². The molecule has 0 amide bonds. The van der Waals surface area contributed by atoms with Gasteiger partial charge in [-0.05, 0) is 31.0 Å². The fraction of sp³-hybridized carbons (Fsp3) is 0.364.